The zero-order chi connectivity index (χ0) is 17.4. The number of hydrogen-bond donors (Lipinski definition) is 1. The first kappa shape index (κ1) is 25.4. The molecule has 2 saturated heterocycles. The average molecular weight is 413 g/mol. The van der Waals surface area contributed by atoms with Gasteiger partial charge in [0.2, 0.25) is 11.8 Å². The second-order valence-electron chi connectivity index (χ2n) is 6.75. The molecule has 0 aromatic rings. The molecule has 0 aromatic heterocycles. The zero-order valence-electron chi connectivity index (χ0n) is 15.7. The average Bonchev–Trinajstić information content (AvgIpc) is 2.89. The van der Waals surface area contributed by atoms with Gasteiger partial charge in [-0.3, -0.25) is 14.5 Å². The molecule has 1 atom stereocenters. The van der Waals surface area contributed by atoms with Crippen LogP contribution < -0.4 is 5.73 Å². The van der Waals surface area contributed by atoms with Crippen molar-refractivity contribution < 1.29 is 14.3 Å². The van der Waals surface area contributed by atoms with Crippen molar-refractivity contribution in [3.8, 4) is 0 Å². The number of ether oxygens (including phenoxy) is 1. The number of piperazine rings is 1. The van der Waals surface area contributed by atoms with E-state index in [9.17, 15) is 9.59 Å². The maximum atomic E-state index is 12.4. The summed E-state index contributed by atoms with van der Waals surface area (Å²) in [6, 6.07) is 0. The number of carbonyl (C=O) groups excluding carboxylic acids is 2. The molecular formula is C17H34Cl2N4O3. The van der Waals surface area contributed by atoms with Crippen molar-refractivity contribution in [1.82, 2.24) is 14.7 Å². The number of amides is 2. The number of nitrogens with two attached hydrogens (primary N) is 1. The van der Waals surface area contributed by atoms with Gasteiger partial charge in [0.1, 0.15) is 0 Å². The number of likely N-dealkylation sites (tertiary alicyclic amines) is 1. The van der Waals surface area contributed by atoms with Crippen LogP contribution in [0.15, 0.2) is 0 Å². The van der Waals surface area contributed by atoms with Crippen molar-refractivity contribution in [2.24, 2.45) is 5.73 Å². The molecule has 0 aliphatic carbocycles. The van der Waals surface area contributed by atoms with Gasteiger partial charge in [0.05, 0.1) is 19.1 Å². The normalized spacial score (nSPS) is 19.8. The number of nitrogens with zero attached hydrogens (tertiary/aromatic N) is 3. The minimum atomic E-state index is -0.208. The number of methoxy groups -OCH3 is 1. The summed E-state index contributed by atoms with van der Waals surface area (Å²) < 4.78 is 5.18. The molecule has 154 valence electrons. The third-order valence-corrected chi connectivity index (χ3v) is 5.04. The van der Waals surface area contributed by atoms with Crippen molar-refractivity contribution >= 4 is 36.6 Å². The zero-order valence-corrected chi connectivity index (χ0v) is 17.4. The molecule has 0 aromatic carbocycles. The van der Waals surface area contributed by atoms with Gasteiger partial charge in [0.15, 0.2) is 0 Å². The predicted molar refractivity (Wildman–Crippen MR) is 107 cm³/mol. The van der Waals surface area contributed by atoms with Gasteiger partial charge in [-0.1, -0.05) is 12.8 Å². The minimum absolute atomic E-state index is 0. The molecule has 0 radical (unpaired) electrons. The van der Waals surface area contributed by atoms with Crippen molar-refractivity contribution in [2.45, 2.75) is 38.2 Å². The largest absolute Gasteiger partial charge is 0.380 e. The highest BCUT2D eigenvalue weighted by atomic mass is 35.5. The quantitative estimate of drug-likeness (QED) is 0.695. The van der Waals surface area contributed by atoms with Crippen molar-refractivity contribution in [3.05, 3.63) is 0 Å². The van der Waals surface area contributed by atoms with E-state index in [1.54, 1.807) is 7.11 Å². The summed E-state index contributed by atoms with van der Waals surface area (Å²) >= 11 is 0. The molecule has 9 heteroatoms. The highest BCUT2D eigenvalue weighted by Crippen LogP contribution is 2.11. The lowest BCUT2D eigenvalue weighted by Gasteiger charge is -2.35. The summed E-state index contributed by atoms with van der Waals surface area (Å²) in [6.45, 7) is 5.49. The van der Waals surface area contributed by atoms with Crippen LogP contribution in [-0.4, -0.2) is 92.1 Å². The topological polar surface area (TPSA) is 79.1 Å². The molecule has 0 bridgehead atoms. The Balaban J connectivity index is 0.00000312. The fraction of sp³-hybridized carbons (Fsp3) is 0.882. The Morgan fingerprint density at radius 2 is 1.42 bits per heavy atom. The third-order valence-electron chi connectivity index (χ3n) is 5.04. The Kier molecular flexibility index (Phi) is 13.2. The maximum Gasteiger partial charge on any atom is 0.236 e. The molecular weight excluding hydrogens is 379 g/mol. The maximum absolute atomic E-state index is 12.4. The van der Waals surface area contributed by atoms with E-state index in [1.807, 2.05) is 9.80 Å². The van der Waals surface area contributed by atoms with E-state index in [-0.39, 0.29) is 42.7 Å². The first-order valence-corrected chi connectivity index (χ1v) is 9.14. The summed E-state index contributed by atoms with van der Waals surface area (Å²) in [5, 5.41) is 0. The minimum Gasteiger partial charge on any atom is -0.380 e. The molecule has 0 spiro atoms. The third kappa shape index (κ3) is 7.96. The summed E-state index contributed by atoms with van der Waals surface area (Å²) in [5.41, 5.74) is 5.57. The Morgan fingerprint density at radius 3 is 1.92 bits per heavy atom. The van der Waals surface area contributed by atoms with E-state index >= 15 is 0 Å². The molecule has 2 fully saturated rings. The van der Waals surface area contributed by atoms with Crippen LogP contribution in [0.5, 0.6) is 0 Å². The lowest BCUT2D eigenvalue weighted by Crippen LogP contribution is -2.52. The molecule has 2 aliphatic rings. The van der Waals surface area contributed by atoms with Crippen LogP contribution in [0.25, 0.3) is 0 Å². The van der Waals surface area contributed by atoms with Gasteiger partial charge < -0.3 is 20.3 Å². The van der Waals surface area contributed by atoms with E-state index < -0.39 is 0 Å². The summed E-state index contributed by atoms with van der Waals surface area (Å²) in [7, 11) is 1.58. The van der Waals surface area contributed by atoms with E-state index in [2.05, 4.69) is 4.90 Å². The van der Waals surface area contributed by atoms with Gasteiger partial charge in [-0.25, -0.2) is 0 Å². The van der Waals surface area contributed by atoms with Crippen LogP contribution in [0.3, 0.4) is 0 Å². The molecule has 1 unspecified atom stereocenters. The fourth-order valence-corrected chi connectivity index (χ4v) is 3.35. The molecule has 26 heavy (non-hydrogen) atoms. The van der Waals surface area contributed by atoms with Crippen molar-refractivity contribution in [1.29, 1.82) is 0 Å². The highest BCUT2D eigenvalue weighted by Gasteiger charge is 2.25. The summed E-state index contributed by atoms with van der Waals surface area (Å²) in [5.74, 6) is 0.324. The van der Waals surface area contributed by atoms with Crippen LogP contribution >= 0.6 is 24.8 Å². The monoisotopic (exact) mass is 412 g/mol. The summed E-state index contributed by atoms with van der Waals surface area (Å²) in [6.07, 6.45) is 4.83. The number of rotatable bonds is 6. The van der Waals surface area contributed by atoms with E-state index in [0.717, 1.165) is 39.0 Å². The second-order valence-corrected chi connectivity index (χ2v) is 6.75. The van der Waals surface area contributed by atoms with Crippen LogP contribution in [0.2, 0.25) is 0 Å². The van der Waals surface area contributed by atoms with E-state index in [1.165, 1.54) is 12.8 Å². The van der Waals surface area contributed by atoms with Gasteiger partial charge in [-0.05, 0) is 12.8 Å². The van der Waals surface area contributed by atoms with Gasteiger partial charge in [-0.15, -0.1) is 24.8 Å². The Hall–Kier alpha value is -0.600. The van der Waals surface area contributed by atoms with Gasteiger partial charge in [0, 0.05) is 52.9 Å². The molecule has 2 heterocycles. The van der Waals surface area contributed by atoms with Crippen LogP contribution in [0, 0.1) is 0 Å². The Bertz CT molecular complexity index is 409. The molecule has 7 nitrogen and oxygen atoms in total. The first-order chi connectivity index (χ1) is 11.6. The second kappa shape index (κ2) is 13.6. The lowest BCUT2D eigenvalue weighted by molar-refractivity contribution is -0.136. The fourth-order valence-electron chi connectivity index (χ4n) is 3.35. The molecule has 2 N–H and O–H groups in total. The number of halogens is 2. The van der Waals surface area contributed by atoms with Gasteiger partial charge in [0.25, 0.3) is 0 Å². The first-order valence-electron chi connectivity index (χ1n) is 9.14. The van der Waals surface area contributed by atoms with Crippen LogP contribution in [0.4, 0.5) is 0 Å². The van der Waals surface area contributed by atoms with Gasteiger partial charge in [-0.2, -0.15) is 0 Å². The van der Waals surface area contributed by atoms with Crippen LogP contribution in [-0.2, 0) is 14.3 Å². The number of carbonyl (C=O) groups is 2. The van der Waals surface area contributed by atoms with Crippen LogP contribution in [0.1, 0.15) is 32.1 Å². The Morgan fingerprint density at radius 1 is 0.885 bits per heavy atom. The van der Waals surface area contributed by atoms with Crippen molar-refractivity contribution in [2.75, 3.05) is 59.5 Å². The molecule has 2 rings (SSSR count). The van der Waals surface area contributed by atoms with Crippen molar-refractivity contribution in [3.63, 3.8) is 0 Å². The number of hydrogen-bond acceptors (Lipinski definition) is 5. The predicted octanol–water partition coefficient (Wildman–Crippen LogP) is 0.741. The standard InChI is InChI=1S/C17H32N4O3.2ClH/c1-24-15(13-18)12-16(22)21-10-8-19(9-11-21)14-17(23)20-6-4-2-3-5-7-20;;/h15H,2-14,18H2,1H3;2*1H. The smallest absolute Gasteiger partial charge is 0.236 e. The van der Waals surface area contributed by atoms with E-state index in [4.69, 9.17) is 10.5 Å². The van der Waals surface area contributed by atoms with Gasteiger partial charge >= 0.3 is 0 Å². The Labute approximate surface area is 169 Å². The lowest BCUT2D eigenvalue weighted by atomic mass is 10.2. The molecule has 2 aliphatic heterocycles. The summed E-state index contributed by atoms with van der Waals surface area (Å²) in [4.78, 5) is 30.7. The SMILES string of the molecule is COC(CN)CC(=O)N1CCN(CC(=O)N2CCCCCC2)CC1.Cl.Cl. The van der Waals surface area contributed by atoms with E-state index in [0.29, 0.717) is 32.6 Å². The molecule has 0 saturated carbocycles. The highest BCUT2D eigenvalue weighted by molar-refractivity contribution is 5.85. The molecule has 2 amide bonds.